The molecule has 5 nitrogen and oxygen atoms in total. The predicted molar refractivity (Wildman–Crippen MR) is 204 cm³/mol. The highest BCUT2D eigenvalue weighted by Gasteiger charge is 2.56. The minimum absolute atomic E-state index is 0. The van der Waals surface area contributed by atoms with Crippen molar-refractivity contribution in [2.24, 2.45) is 5.92 Å². The molecule has 0 aromatic heterocycles. The fraction of sp³-hybridized carbons (Fsp3) is 0.390. The smallest absolute Gasteiger partial charge is 0.412 e. The van der Waals surface area contributed by atoms with E-state index < -0.39 is 52.6 Å². The molecule has 0 spiro atoms. The van der Waals surface area contributed by atoms with E-state index >= 15 is 0 Å². The summed E-state index contributed by atoms with van der Waals surface area (Å²) in [6.07, 6.45) is -5.87. The average Bonchev–Trinajstić information content (AvgIpc) is 3.38. The van der Waals surface area contributed by atoms with Gasteiger partial charge in [-0.2, -0.15) is 26.3 Å². The molecule has 0 radical (unpaired) electrons. The summed E-state index contributed by atoms with van der Waals surface area (Å²) < 4.78 is 83.5. The van der Waals surface area contributed by atoms with Crippen molar-refractivity contribution in [1.29, 1.82) is 0 Å². The predicted octanol–water partition coefficient (Wildman–Crippen LogP) is 9.37. The summed E-state index contributed by atoms with van der Waals surface area (Å²) in [6, 6.07) is 24.0. The normalized spacial score (nSPS) is 25.9. The molecule has 0 aliphatic carbocycles. The summed E-state index contributed by atoms with van der Waals surface area (Å²) in [4.78, 5) is 11.5. The standard InChI is InChI=1S/C26H18Cl3F6NO.C15H22N.2H2O/c27-20-10-9-16(13-21(20)28)24(29)19(11-14-5-1-3-7-17(14)25(30,31)32)23(37)36-22(24)12-15-6-2-4-8-18(15)26(33,34)35;1-2-16-11-8-15(9-12-16,10-13-16)14-6-4-3-5-7-14;;/h1-10,13,19,22H,11-12H2,(H,36,37);3-7H,2,8-13H2,1H3;2*1H2/q;+1;;. The quantitative estimate of drug-likeness (QED) is 0.112. The van der Waals surface area contributed by atoms with Crippen LogP contribution in [0.25, 0.3) is 0 Å². The lowest BCUT2D eigenvalue weighted by Crippen LogP contribution is -2.62. The summed E-state index contributed by atoms with van der Waals surface area (Å²) in [5.74, 6) is -1.95. The Morgan fingerprint density at radius 2 is 1.18 bits per heavy atom. The van der Waals surface area contributed by atoms with Crippen LogP contribution in [-0.4, -0.2) is 53.6 Å². The lowest BCUT2D eigenvalue weighted by molar-refractivity contribution is -0.941. The lowest BCUT2D eigenvalue weighted by Gasteiger charge is -2.54. The second-order valence-corrected chi connectivity index (χ2v) is 15.9. The number of hydrogen-bond donors (Lipinski definition) is 1. The molecule has 55 heavy (non-hydrogen) atoms. The zero-order valence-electron chi connectivity index (χ0n) is 30.0. The molecule has 4 aromatic rings. The van der Waals surface area contributed by atoms with Gasteiger partial charge in [0.15, 0.2) is 0 Å². The van der Waals surface area contributed by atoms with Crippen molar-refractivity contribution in [1.82, 2.24) is 5.32 Å². The van der Waals surface area contributed by atoms with Gasteiger partial charge in [-0.25, -0.2) is 0 Å². The highest BCUT2D eigenvalue weighted by atomic mass is 35.5. The van der Waals surface area contributed by atoms with Gasteiger partial charge in [0.05, 0.1) is 59.3 Å². The van der Waals surface area contributed by atoms with Gasteiger partial charge >= 0.3 is 12.4 Å². The zero-order chi connectivity index (χ0) is 38.2. The molecule has 2 bridgehead atoms. The maximum atomic E-state index is 13.7. The number of quaternary nitrogens is 1. The largest absolute Gasteiger partial charge is 0.416 e. The van der Waals surface area contributed by atoms with Crippen LogP contribution in [-0.2, 0) is 40.3 Å². The Morgan fingerprint density at radius 1 is 0.691 bits per heavy atom. The van der Waals surface area contributed by atoms with Crippen molar-refractivity contribution < 1.29 is 46.6 Å². The van der Waals surface area contributed by atoms with Crippen LogP contribution in [0.3, 0.4) is 0 Å². The van der Waals surface area contributed by atoms with Crippen LogP contribution < -0.4 is 5.32 Å². The summed E-state index contributed by atoms with van der Waals surface area (Å²) >= 11 is 19.3. The van der Waals surface area contributed by atoms with Crippen molar-refractivity contribution in [3.8, 4) is 0 Å². The highest BCUT2D eigenvalue weighted by molar-refractivity contribution is 6.42. The number of hydrogen-bond acceptors (Lipinski definition) is 1. The Labute approximate surface area is 331 Å². The van der Waals surface area contributed by atoms with E-state index in [4.69, 9.17) is 34.8 Å². The molecular weight excluding hydrogens is 789 g/mol. The van der Waals surface area contributed by atoms with Crippen molar-refractivity contribution in [2.45, 2.75) is 67.7 Å². The van der Waals surface area contributed by atoms with Crippen molar-refractivity contribution in [3.05, 3.63) is 140 Å². The van der Waals surface area contributed by atoms with E-state index in [-0.39, 0.29) is 44.1 Å². The first-order valence-corrected chi connectivity index (χ1v) is 18.8. The van der Waals surface area contributed by atoms with E-state index in [1.54, 1.807) is 5.56 Å². The van der Waals surface area contributed by atoms with Crippen LogP contribution in [0, 0.1) is 5.92 Å². The number of fused-ring (bicyclic) bond motifs is 3. The fourth-order valence-corrected chi connectivity index (χ4v) is 9.26. The van der Waals surface area contributed by atoms with Gasteiger partial charge in [-0.1, -0.05) is 96.0 Å². The molecular formula is C41H44Cl3F6N2O3+. The maximum Gasteiger partial charge on any atom is 0.416 e. The summed E-state index contributed by atoms with van der Waals surface area (Å²) in [7, 11) is 0. The van der Waals surface area contributed by atoms with Crippen LogP contribution >= 0.6 is 34.8 Å². The molecule has 4 heterocycles. The van der Waals surface area contributed by atoms with E-state index in [9.17, 15) is 31.1 Å². The molecule has 5 N–H and O–H groups in total. The van der Waals surface area contributed by atoms with Crippen LogP contribution in [0.15, 0.2) is 97.1 Å². The Morgan fingerprint density at radius 3 is 1.67 bits per heavy atom. The molecule has 4 aliphatic rings. The highest BCUT2D eigenvalue weighted by Crippen LogP contribution is 2.50. The van der Waals surface area contributed by atoms with E-state index in [0.29, 0.717) is 5.41 Å². The van der Waals surface area contributed by atoms with Gasteiger partial charge in [0.2, 0.25) is 5.91 Å². The molecule has 298 valence electrons. The monoisotopic (exact) mass is 831 g/mol. The molecule has 8 rings (SSSR count). The maximum absolute atomic E-state index is 13.7. The number of nitrogens with one attached hydrogen (secondary N) is 1. The number of carbonyl (C=O) groups is 1. The van der Waals surface area contributed by atoms with Crippen LogP contribution in [0.2, 0.25) is 10.0 Å². The number of rotatable bonds is 7. The molecule has 4 aliphatic heterocycles. The molecule has 3 atom stereocenters. The van der Waals surface area contributed by atoms with Gasteiger partial charge in [-0.15, -0.1) is 11.6 Å². The molecule has 4 saturated heterocycles. The van der Waals surface area contributed by atoms with Gasteiger partial charge in [0.25, 0.3) is 0 Å². The topological polar surface area (TPSA) is 92.1 Å². The summed E-state index contributed by atoms with van der Waals surface area (Å²) in [5, 5.41) is 2.88. The third-order valence-electron chi connectivity index (χ3n) is 11.8. The van der Waals surface area contributed by atoms with E-state index in [1.807, 2.05) is 0 Å². The first-order valence-electron chi connectivity index (χ1n) is 17.7. The van der Waals surface area contributed by atoms with Crippen LogP contribution in [0.4, 0.5) is 26.3 Å². The average molecular weight is 833 g/mol. The van der Waals surface area contributed by atoms with Gasteiger partial charge in [0, 0.05) is 24.7 Å². The minimum Gasteiger partial charge on any atom is -0.412 e. The first kappa shape index (κ1) is 44.4. The number of alkyl halides is 7. The van der Waals surface area contributed by atoms with E-state index in [1.165, 1.54) is 105 Å². The molecule has 0 saturated carbocycles. The third-order valence-corrected chi connectivity index (χ3v) is 13.2. The molecule has 4 aromatic carbocycles. The fourth-order valence-electron chi connectivity index (χ4n) is 8.54. The molecule has 3 unspecified atom stereocenters. The second-order valence-electron chi connectivity index (χ2n) is 14.5. The van der Waals surface area contributed by atoms with E-state index in [0.717, 1.165) is 12.1 Å². The molecule has 4 fully saturated rings. The van der Waals surface area contributed by atoms with Gasteiger partial charge in [0.1, 0.15) is 4.87 Å². The Balaban J connectivity index is 0.000000311. The van der Waals surface area contributed by atoms with Crippen molar-refractivity contribution in [2.75, 3.05) is 26.2 Å². The van der Waals surface area contributed by atoms with Gasteiger partial charge < -0.3 is 20.8 Å². The lowest BCUT2D eigenvalue weighted by atomic mass is 9.66. The van der Waals surface area contributed by atoms with Crippen molar-refractivity contribution in [3.63, 3.8) is 0 Å². The third kappa shape index (κ3) is 8.97. The zero-order valence-corrected chi connectivity index (χ0v) is 32.3. The molecule has 1 amide bonds. The number of piperidine rings is 3. The number of nitrogens with zero attached hydrogens (tertiary/aromatic N) is 1. The Hall–Kier alpha value is -3.32. The van der Waals surface area contributed by atoms with Gasteiger partial charge in [-0.05, 0) is 66.3 Å². The number of amides is 1. The van der Waals surface area contributed by atoms with Crippen LogP contribution in [0.5, 0.6) is 0 Å². The van der Waals surface area contributed by atoms with Crippen LogP contribution in [0.1, 0.15) is 59.6 Å². The van der Waals surface area contributed by atoms with Gasteiger partial charge in [-0.3, -0.25) is 4.79 Å². The summed E-state index contributed by atoms with van der Waals surface area (Å²) in [5.41, 5.74) is 0.258. The summed E-state index contributed by atoms with van der Waals surface area (Å²) in [6.45, 7) is 7.92. The SMILES string of the molecule is CC[N+]12CCC(c3ccccc3)(CC1)CC2.O.O.O=C1NC(Cc2ccccc2C(F)(F)F)C(Cl)(c2ccc(Cl)c(Cl)c2)C1Cc1ccccc1C(F)(F)F. The van der Waals surface area contributed by atoms with Crippen molar-refractivity contribution >= 4 is 40.7 Å². The number of benzene rings is 4. The minimum atomic E-state index is -4.69. The Bertz CT molecular complexity index is 1920. The second kappa shape index (κ2) is 17.0. The number of carbonyl (C=O) groups excluding carboxylic acids is 1. The molecule has 14 heteroatoms. The first-order chi connectivity index (χ1) is 25.0. The number of halogens is 9. The van der Waals surface area contributed by atoms with E-state index in [2.05, 4.69) is 42.6 Å². The Kier molecular flexibility index (Phi) is 13.8.